The standard InChI is InChI=1S/C32H32N4O4/c1-40-32(39)22-11-13-26-27(17-22)34-31(38)29(26)30(21-8-4-2-5-9-21)33-25-12-10-23-18-36(19-24(23)16-25)28(37)20-35-14-6-3-7-15-35/h2,4-5,8-13,16-17,33H,3,6-7,14-15,18-20H2,1H3,(H,34,38)/b30-29-. The van der Waals surface area contributed by atoms with Crippen LogP contribution in [0.3, 0.4) is 0 Å². The molecule has 0 atom stereocenters. The topological polar surface area (TPSA) is 91.0 Å². The van der Waals surface area contributed by atoms with Gasteiger partial charge in [-0.3, -0.25) is 14.5 Å². The lowest BCUT2D eigenvalue weighted by molar-refractivity contribution is -0.133. The van der Waals surface area contributed by atoms with Crippen LogP contribution in [-0.2, 0) is 27.4 Å². The predicted molar refractivity (Wildman–Crippen MR) is 154 cm³/mol. The fourth-order valence-electron chi connectivity index (χ4n) is 5.75. The summed E-state index contributed by atoms with van der Waals surface area (Å²) in [5.74, 6) is -0.540. The number of carbonyl (C=O) groups excluding carboxylic acids is 3. The molecule has 0 bridgehead atoms. The highest BCUT2D eigenvalue weighted by Crippen LogP contribution is 2.38. The number of benzene rings is 3. The molecule has 3 heterocycles. The number of nitrogens with zero attached hydrogens (tertiary/aromatic N) is 2. The second kappa shape index (κ2) is 11.0. The third-order valence-corrected chi connectivity index (χ3v) is 7.86. The first kappa shape index (κ1) is 25.8. The quantitative estimate of drug-likeness (QED) is 0.350. The average molecular weight is 537 g/mol. The summed E-state index contributed by atoms with van der Waals surface area (Å²) in [6.07, 6.45) is 3.58. The van der Waals surface area contributed by atoms with E-state index in [9.17, 15) is 14.4 Å². The summed E-state index contributed by atoms with van der Waals surface area (Å²) < 4.78 is 4.84. The molecule has 1 saturated heterocycles. The number of piperidine rings is 1. The summed E-state index contributed by atoms with van der Waals surface area (Å²) in [4.78, 5) is 42.5. The van der Waals surface area contributed by atoms with Crippen LogP contribution in [0, 0.1) is 0 Å². The fourth-order valence-corrected chi connectivity index (χ4v) is 5.75. The molecule has 40 heavy (non-hydrogen) atoms. The van der Waals surface area contributed by atoms with Crippen molar-refractivity contribution in [1.82, 2.24) is 9.80 Å². The third-order valence-electron chi connectivity index (χ3n) is 7.86. The van der Waals surface area contributed by atoms with E-state index in [0.29, 0.717) is 47.7 Å². The van der Waals surface area contributed by atoms with Crippen LogP contribution < -0.4 is 10.6 Å². The molecule has 8 nitrogen and oxygen atoms in total. The van der Waals surface area contributed by atoms with Gasteiger partial charge in [-0.25, -0.2) is 4.79 Å². The SMILES string of the molecule is COC(=O)c1ccc2c(c1)NC(=O)/C2=C(\Nc1ccc2c(c1)CN(C(=O)CN1CCCCC1)C2)c1ccccc1. The monoisotopic (exact) mass is 536 g/mol. The van der Waals surface area contributed by atoms with E-state index in [0.717, 1.165) is 48.3 Å². The van der Waals surface area contributed by atoms with E-state index in [1.165, 1.54) is 13.5 Å². The summed E-state index contributed by atoms with van der Waals surface area (Å²) in [6.45, 7) is 3.67. The van der Waals surface area contributed by atoms with Gasteiger partial charge in [-0.2, -0.15) is 0 Å². The van der Waals surface area contributed by atoms with Gasteiger partial charge in [0.25, 0.3) is 5.91 Å². The molecule has 3 aliphatic heterocycles. The number of likely N-dealkylation sites (tertiary alicyclic amines) is 1. The lowest BCUT2D eigenvalue weighted by Crippen LogP contribution is -2.40. The average Bonchev–Trinajstić information content (AvgIpc) is 3.56. The molecule has 0 saturated carbocycles. The van der Waals surface area contributed by atoms with Crippen molar-refractivity contribution in [3.05, 3.63) is 94.5 Å². The number of amides is 2. The van der Waals surface area contributed by atoms with Gasteiger partial charge in [0.15, 0.2) is 0 Å². The maximum absolute atomic E-state index is 13.3. The van der Waals surface area contributed by atoms with Crippen molar-refractivity contribution >= 4 is 40.4 Å². The molecule has 204 valence electrons. The van der Waals surface area contributed by atoms with Crippen molar-refractivity contribution in [3.8, 4) is 0 Å². The minimum absolute atomic E-state index is 0.172. The number of hydrogen-bond acceptors (Lipinski definition) is 6. The number of nitrogens with one attached hydrogen (secondary N) is 2. The lowest BCUT2D eigenvalue weighted by atomic mass is 9.98. The maximum Gasteiger partial charge on any atom is 0.337 e. The molecule has 8 heteroatoms. The van der Waals surface area contributed by atoms with Gasteiger partial charge in [-0.05, 0) is 66.9 Å². The van der Waals surface area contributed by atoms with Crippen LogP contribution in [0.25, 0.3) is 11.3 Å². The molecule has 3 aromatic rings. The van der Waals surface area contributed by atoms with E-state index in [1.807, 2.05) is 41.3 Å². The summed E-state index contributed by atoms with van der Waals surface area (Å²) in [7, 11) is 1.33. The lowest BCUT2D eigenvalue weighted by Gasteiger charge is -2.27. The van der Waals surface area contributed by atoms with Crippen molar-refractivity contribution in [2.45, 2.75) is 32.4 Å². The van der Waals surface area contributed by atoms with E-state index >= 15 is 0 Å². The number of anilines is 2. The Bertz CT molecular complexity index is 1510. The molecule has 0 unspecified atom stereocenters. The van der Waals surface area contributed by atoms with Gasteiger partial charge in [0, 0.05) is 24.3 Å². The largest absolute Gasteiger partial charge is 0.465 e. The highest BCUT2D eigenvalue weighted by Gasteiger charge is 2.30. The first-order valence-corrected chi connectivity index (χ1v) is 13.7. The van der Waals surface area contributed by atoms with Crippen LogP contribution >= 0.6 is 0 Å². The Hall–Kier alpha value is -4.43. The summed E-state index contributed by atoms with van der Waals surface area (Å²) in [5, 5.41) is 6.42. The van der Waals surface area contributed by atoms with Gasteiger partial charge in [-0.15, -0.1) is 0 Å². The van der Waals surface area contributed by atoms with Crippen molar-refractivity contribution in [3.63, 3.8) is 0 Å². The minimum atomic E-state index is -0.461. The Morgan fingerprint density at radius 2 is 1.68 bits per heavy atom. The first-order chi connectivity index (χ1) is 19.5. The second-order valence-electron chi connectivity index (χ2n) is 10.5. The molecule has 2 N–H and O–H groups in total. The number of esters is 1. The Labute approximate surface area is 233 Å². The van der Waals surface area contributed by atoms with E-state index in [4.69, 9.17) is 4.74 Å². The van der Waals surface area contributed by atoms with E-state index in [1.54, 1.807) is 18.2 Å². The maximum atomic E-state index is 13.3. The molecule has 1 fully saturated rings. The number of carbonyl (C=O) groups is 3. The number of hydrogen-bond donors (Lipinski definition) is 2. The van der Waals surface area contributed by atoms with Crippen molar-refractivity contribution in [1.29, 1.82) is 0 Å². The summed E-state index contributed by atoms with van der Waals surface area (Å²) in [6, 6.07) is 20.9. The number of fused-ring (bicyclic) bond motifs is 2. The number of methoxy groups -OCH3 is 1. The molecule has 0 aromatic heterocycles. The zero-order valence-corrected chi connectivity index (χ0v) is 22.5. The first-order valence-electron chi connectivity index (χ1n) is 13.7. The van der Waals surface area contributed by atoms with Gasteiger partial charge in [-0.1, -0.05) is 48.9 Å². The van der Waals surface area contributed by atoms with Gasteiger partial charge >= 0.3 is 5.97 Å². The Kier molecular flexibility index (Phi) is 7.09. The Morgan fingerprint density at radius 3 is 2.45 bits per heavy atom. The molecule has 0 spiro atoms. The molecular weight excluding hydrogens is 504 g/mol. The smallest absolute Gasteiger partial charge is 0.337 e. The molecule has 3 aliphatic rings. The van der Waals surface area contributed by atoms with Gasteiger partial charge in [0.05, 0.1) is 36.2 Å². The zero-order valence-electron chi connectivity index (χ0n) is 22.5. The predicted octanol–water partition coefficient (Wildman–Crippen LogP) is 4.73. The van der Waals surface area contributed by atoms with Crippen LogP contribution in [0.1, 0.15) is 51.9 Å². The molecule has 0 radical (unpaired) electrons. The Morgan fingerprint density at radius 1 is 0.900 bits per heavy atom. The Balaban J connectivity index is 1.29. The zero-order chi connectivity index (χ0) is 27.6. The van der Waals surface area contributed by atoms with Crippen LogP contribution in [0.5, 0.6) is 0 Å². The third kappa shape index (κ3) is 5.10. The molecule has 6 rings (SSSR count). The van der Waals surface area contributed by atoms with Crippen LogP contribution in [-0.4, -0.2) is 54.3 Å². The normalized spacial score (nSPS) is 17.6. The van der Waals surface area contributed by atoms with Crippen molar-refractivity contribution in [2.24, 2.45) is 0 Å². The van der Waals surface area contributed by atoms with Gasteiger partial charge in [0.1, 0.15) is 0 Å². The van der Waals surface area contributed by atoms with Crippen molar-refractivity contribution in [2.75, 3.05) is 37.4 Å². The highest BCUT2D eigenvalue weighted by molar-refractivity contribution is 6.37. The van der Waals surface area contributed by atoms with Crippen LogP contribution in [0.4, 0.5) is 11.4 Å². The van der Waals surface area contributed by atoms with Crippen LogP contribution in [0.2, 0.25) is 0 Å². The molecule has 3 aromatic carbocycles. The second-order valence-corrected chi connectivity index (χ2v) is 10.5. The summed E-state index contributed by atoms with van der Waals surface area (Å²) >= 11 is 0. The van der Waals surface area contributed by atoms with Crippen molar-refractivity contribution < 1.29 is 19.1 Å². The van der Waals surface area contributed by atoms with Crippen LogP contribution in [0.15, 0.2) is 66.7 Å². The van der Waals surface area contributed by atoms with Gasteiger partial charge < -0.3 is 20.3 Å². The highest BCUT2D eigenvalue weighted by atomic mass is 16.5. The molecule has 2 amide bonds. The molecule has 0 aliphatic carbocycles. The molecular formula is C32H32N4O4. The number of rotatable bonds is 6. The van der Waals surface area contributed by atoms with E-state index in [-0.39, 0.29) is 11.8 Å². The van der Waals surface area contributed by atoms with Gasteiger partial charge in [0.2, 0.25) is 5.91 Å². The fraction of sp³-hybridized carbons (Fsp3) is 0.281. The summed E-state index contributed by atoms with van der Waals surface area (Å²) in [5.41, 5.74) is 6.75. The number of ether oxygens (including phenoxy) is 1. The minimum Gasteiger partial charge on any atom is -0.465 e. The van der Waals surface area contributed by atoms with E-state index in [2.05, 4.69) is 27.7 Å². The van der Waals surface area contributed by atoms with E-state index < -0.39 is 5.97 Å².